The number of rotatable bonds is 4. The summed E-state index contributed by atoms with van der Waals surface area (Å²) in [7, 11) is 1.88. The standard InChI is InChI=1S/C16H24N2O/c1-3-16(9-4-5-10-16)15(19)18(2)14-8-6-7-13(11-14)12-17/h6-8,11H,3-5,9-10,12,17H2,1-2H3. The highest BCUT2D eigenvalue weighted by atomic mass is 16.2. The first-order chi connectivity index (χ1) is 9.13. The van der Waals surface area contributed by atoms with Crippen LogP contribution in [0, 0.1) is 5.41 Å². The number of hydrogen-bond acceptors (Lipinski definition) is 2. The van der Waals surface area contributed by atoms with Crippen LogP contribution in [0.1, 0.15) is 44.6 Å². The Bertz CT molecular complexity index is 450. The molecule has 0 aliphatic heterocycles. The topological polar surface area (TPSA) is 46.3 Å². The van der Waals surface area contributed by atoms with Gasteiger partial charge in [-0.05, 0) is 37.0 Å². The predicted molar refractivity (Wildman–Crippen MR) is 78.9 cm³/mol. The van der Waals surface area contributed by atoms with Crippen LogP contribution in [-0.4, -0.2) is 13.0 Å². The minimum atomic E-state index is -0.131. The van der Waals surface area contributed by atoms with Crippen LogP contribution < -0.4 is 10.6 Å². The first-order valence-electron chi connectivity index (χ1n) is 7.20. The van der Waals surface area contributed by atoms with Gasteiger partial charge >= 0.3 is 0 Å². The minimum Gasteiger partial charge on any atom is -0.326 e. The number of anilines is 1. The van der Waals surface area contributed by atoms with Crippen LogP contribution in [0.3, 0.4) is 0 Å². The Labute approximate surface area is 115 Å². The van der Waals surface area contributed by atoms with Crippen LogP contribution in [-0.2, 0) is 11.3 Å². The molecular formula is C16H24N2O. The van der Waals surface area contributed by atoms with Crippen molar-refractivity contribution < 1.29 is 4.79 Å². The van der Waals surface area contributed by atoms with E-state index in [0.717, 1.165) is 30.5 Å². The van der Waals surface area contributed by atoms with E-state index in [0.29, 0.717) is 6.54 Å². The van der Waals surface area contributed by atoms with E-state index in [4.69, 9.17) is 5.73 Å². The van der Waals surface area contributed by atoms with Crippen LogP contribution in [0.4, 0.5) is 5.69 Å². The minimum absolute atomic E-state index is 0.131. The van der Waals surface area contributed by atoms with Crippen LogP contribution in [0.2, 0.25) is 0 Å². The maximum Gasteiger partial charge on any atom is 0.232 e. The molecule has 1 saturated carbocycles. The molecule has 3 heteroatoms. The maximum absolute atomic E-state index is 12.8. The largest absolute Gasteiger partial charge is 0.326 e. The van der Waals surface area contributed by atoms with Crippen LogP contribution in [0.25, 0.3) is 0 Å². The van der Waals surface area contributed by atoms with Crippen molar-refractivity contribution in [2.45, 2.75) is 45.6 Å². The fraction of sp³-hybridized carbons (Fsp3) is 0.562. The SMILES string of the molecule is CCC1(C(=O)N(C)c2cccc(CN)c2)CCCC1. The number of carbonyl (C=O) groups excluding carboxylic acids is 1. The molecule has 0 radical (unpaired) electrons. The molecule has 0 saturated heterocycles. The monoisotopic (exact) mass is 260 g/mol. The number of amides is 1. The molecule has 1 aromatic rings. The van der Waals surface area contributed by atoms with Gasteiger partial charge in [-0.1, -0.05) is 31.9 Å². The summed E-state index contributed by atoms with van der Waals surface area (Å²) in [6.45, 7) is 2.64. The zero-order chi connectivity index (χ0) is 13.9. The van der Waals surface area contributed by atoms with Gasteiger partial charge in [-0.3, -0.25) is 4.79 Å². The van der Waals surface area contributed by atoms with Gasteiger partial charge in [0.1, 0.15) is 0 Å². The van der Waals surface area contributed by atoms with Crippen molar-refractivity contribution >= 4 is 11.6 Å². The molecule has 104 valence electrons. The first-order valence-corrected chi connectivity index (χ1v) is 7.20. The summed E-state index contributed by atoms with van der Waals surface area (Å²) in [5.74, 6) is 0.265. The summed E-state index contributed by atoms with van der Waals surface area (Å²) in [6, 6.07) is 7.95. The molecule has 2 rings (SSSR count). The van der Waals surface area contributed by atoms with Gasteiger partial charge in [-0.15, -0.1) is 0 Å². The lowest BCUT2D eigenvalue weighted by Gasteiger charge is -2.31. The van der Waals surface area contributed by atoms with Gasteiger partial charge in [-0.2, -0.15) is 0 Å². The molecule has 1 aromatic carbocycles. The normalized spacial score (nSPS) is 17.4. The summed E-state index contributed by atoms with van der Waals surface area (Å²) in [5, 5.41) is 0. The number of benzene rings is 1. The Kier molecular flexibility index (Phi) is 4.25. The zero-order valence-corrected chi connectivity index (χ0v) is 12.0. The summed E-state index contributed by atoms with van der Waals surface area (Å²) in [5.41, 5.74) is 7.55. The lowest BCUT2D eigenvalue weighted by atomic mass is 9.82. The van der Waals surface area contributed by atoms with E-state index in [9.17, 15) is 4.79 Å². The third-order valence-corrected chi connectivity index (χ3v) is 4.53. The van der Waals surface area contributed by atoms with Crippen LogP contribution >= 0.6 is 0 Å². The quantitative estimate of drug-likeness (QED) is 0.904. The number of nitrogens with zero attached hydrogens (tertiary/aromatic N) is 1. The van der Waals surface area contributed by atoms with E-state index in [1.54, 1.807) is 0 Å². The fourth-order valence-electron chi connectivity index (χ4n) is 3.14. The second kappa shape index (κ2) is 5.74. The van der Waals surface area contributed by atoms with Crippen molar-refractivity contribution in [3.8, 4) is 0 Å². The van der Waals surface area contributed by atoms with Crippen molar-refractivity contribution in [2.75, 3.05) is 11.9 Å². The van der Waals surface area contributed by atoms with Crippen molar-refractivity contribution in [1.82, 2.24) is 0 Å². The summed E-state index contributed by atoms with van der Waals surface area (Å²) >= 11 is 0. The average molecular weight is 260 g/mol. The molecule has 2 N–H and O–H groups in total. The highest BCUT2D eigenvalue weighted by Crippen LogP contribution is 2.42. The van der Waals surface area contributed by atoms with E-state index in [2.05, 4.69) is 6.92 Å². The van der Waals surface area contributed by atoms with Crippen molar-refractivity contribution in [3.63, 3.8) is 0 Å². The van der Waals surface area contributed by atoms with Gasteiger partial charge in [0.25, 0.3) is 0 Å². The van der Waals surface area contributed by atoms with Crippen molar-refractivity contribution in [1.29, 1.82) is 0 Å². The molecule has 19 heavy (non-hydrogen) atoms. The third-order valence-electron chi connectivity index (χ3n) is 4.53. The van der Waals surface area contributed by atoms with Gasteiger partial charge in [0.15, 0.2) is 0 Å². The van der Waals surface area contributed by atoms with Gasteiger partial charge in [0, 0.05) is 24.7 Å². The van der Waals surface area contributed by atoms with Gasteiger partial charge in [0.2, 0.25) is 5.91 Å². The van der Waals surface area contributed by atoms with E-state index in [-0.39, 0.29) is 11.3 Å². The number of carbonyl (C=O) groups is 1. The van der Waals surface area contributed by atoms with Gasteiger partial charge < -0.3 is 10.6 Å². The summed E-state index contributed by atoms with van der Waals surface area (Å²) in [4.78, 5) is 14.6. The second-order valence-corrected chi connectivity index (χ2v) is 5.58. The summed E-state index contributed by atoms with van der Waals surface area (Å²) in [6.07, 6.45) is 5.35. The molecule has 1 aliphatic carbocycles. The van der Waals surface area contributed by atoms with E-state index < -0.39 is 0 Å². The molecule has 0 unspecified atom stereocenters. The summed E-state index contributed by atoms with van der Waals surface area (Å²) < 4.78 is 0. The van der Waals surface area contributed by atoms with E-state index in [1.165, 1.54) is 12.8 Å². The molecule has 3 nitrogen and oxygen atoms in total. The second-order valence-electron chi connectivity index (χ2n) is 5.58. The number of nitrogens with two attached hydrogens (primary N) is 1. The van der Waals surface area contributed by atoms with Gasteiger partial charge in [-0.25, -0.2) is 0 Å². The molecule has 0 aromatic heterocycles. The van der Waals surface area contributed by atoms with Crippen molar-refractivity contribution in [2.24, 2.45) is 11.1 Å². The molecule has 0 atom stereocenters. The Hall–Kier alpha value is -1.35. The Morgan fingerprint density at radius 2 is 2.05 bits per heavy atom. The van der Waals surface area contributed by atoms with Gasteiger partial charge in [0.05, 0.1) is 0 Å². The first kappa shape index (κ1) is 14.1. The molecular weight excluding hydrogens is 236 g/mol. The lowest BCUT2D eigenvalue weighted by molar-refractivity contribution is -0.127. The fourth-order valence-corrected chi connectivity index (χ4v) is 3.14. The smallest absolute Gasteiger partial charge is 0.232 e. The molecule has 1 aliphatic rings. The van der Waals surface area contributed by atoms with Crippen molar-refractivity contribution in [3.05, 3.63) is 29.8 Å². The average Bonchev–Trinajstić information content (AvgIpc) is 2.96. The predicted octanol–water partition coefficient (Wildman–Crippen LogP) is 3.08. The molecule has 1 fully saturated rings. The lowest BCUT2D eigenvalue weighted by Crippen LogP contribution is -2.40. The molecule has 0 bridgehead atoms. The zero-order valence-electron chi connectivity index (χ0n) is 12.0. The third kappa shape index (κ3) is 2.66. The highest BCUT2D eigenvalue weighted by Gasteiger charge is 2.41. The molecule has 1 amide bonds. The highest BCUT2D eigenvalue weighted by molar-refractivity contribution is 5.97. The Morgan fingerprint density at radius 1 is 1.37 bits per heavy atom. The molecule has 0 heterocycles. The van der Waals surface area contributed by atoms with E-state index >= 15 is 0 Å². The number of hydrogen-bond donors (Lipinski definition) is 1. The molecule has 0 spiro atoms. The maximum atomic E-state index is 12.8. The van der Waals surface area contributed by atoms with Crippen LogP contribution in [0.15, 0.2) is 24.3 Å². The van der Waals surface area contributed by atoms with E-state index in [1.807, 2.05) is 36.2 Å². The Balaban J connectivity index is 2.22. The van der Waals surface area contributed by atoms with Crippen LogP contribution in [0.5, 0.6) is 0 Å². The Morgan fingerprint density at radius 3 is 2.63 bits per heavy atom.